The molecule has 0 aliphatic heterocycles. The van der Waals surface area contributed by atoms with Gasteiger partial charge >= 0.3 is 6.18 Å². The van der Waals surface area contributed by atoms with Crippen LogP contribution >= 0.6 is 0 Å². The maximum atomic E-state index is 13.0. The molecular formula is C24H17F3N2O3. The first-order valence-electron chi connectivity index (χ1n) is 9.66. The highest BCUT2D eigenvalue weighted by Gasteiger charge is 2.30. The fourth-order valence-corrected chi connectivity index (χ4v) is 3.46. The Morgan fingerprint density at radius 3 is 2.41 bits per heavy atom. The minimum absolute atomic E-state index is 0.146. The number of aliphatic hydroxyl groups excluding tert-OH is 1. The van der Waals surface area contributed by atoms with Gasteiger partial charge < -0.3 is 5.11 Å². The number of hydrogen-bond donors (Lipinski definition) is 1. The van der Waals surface area contributed by atoms with Gasteiger partial charge in [-0.2, -0.15) is 13.2 Å². The molecule has 0 amide bonds. The largest absolute Gasteiger partial charge is 0.416 e. The Balaban J connectivity index is 1.69. The predicted molar refractivity (Wildman–Crippen MR) is 113 cm³/mol. The lowest BCUT2D eigenvalue weighted by molar-refractivity contribution is -0.137. The molecule has 3 aromatic carbocycles. The third-order valence-corrected chi connectivity index (χ3v) is 5.09. The van der Waals surface area contributed by atoms with E-state index in [1.54, 1.807) is 30.3 Å². The number of carbonyl (C=O) groups excluding carboxylic acids is 1. The first kappa shape index (κ1) is 21.5. The highest BCUT2D eigenvalue weighted by Crippen LogP contribution is 2.32. The number of halogens is 3. The van der Waals surface area contributed by atoms with E-state index in [4.69, 9.17) is 5.11 Å². The van der Waals surface area contributed by atoms with Gasteiger partial charge in [0.05, 0.1) is 29.3 Å². The van der Waals surface area contributed by atoms with Crippen LogP contribution in [0.3, 0.4) is 0 Å². The SMILES string of the molecule is O=C(CO)c1ccc2ncn(Cc3cccc(-c4cccc(C(F)(F)F)c4)c3)c(=O)c2c1. The van der Waals surface area contributed by atoms with E-state index in [0.29, 0.717) is 22.2 Å². The smallest absolute Gasteiger partial charge is 0.388 e. The third kappa shape index (κ3) is 4.31. The molecule has 4 aromatic rings. The van der Waals surface area contributed by atoms with Crippen LogP contribution in [0, 0.1) is 0 Å². The zero-order chi connectivity index (χ0) is 22.9. The summed E-state index contributed by atoms with van der Waals surface area (Å²) in [4.78, 5) is 28.9. The predicted octanol–water partition coefficient (Wildman–Crippen LogP) is 4.31. The summed E-state index contributed by atoms with van der Waals surface area (Å²) < 4.78 is 40.5. The van der Waals surface area contributed by atoms with Crippen LogP contribution < -0.4 is 5.56 Å². The Hall–Kier alpha value is -3.78. The summed E-state index contributed by atoms with van der Waals surface area (Å²) in [5.74, 6) is -0.504. The molecule has 0 bridgehead atoms. The molecule has 1 N–H and O–H groups in total. The number of ketones is 1. The molecule has 0 unspecified atom stereocenters. The molecule has 0 aliphatic carbocycles. The maximum absolute atomic E-state index is 13.0. The van der Waals surface area contributed by atoms with Gasteiger partial charge in [0.15, 0.2) is 5.78 Å². The third-order valence-electron chi connectivity index (χ3n) is 5.09. The van der Waals surface area contributed by atoms with Gasteiger partial charge in [-0.05, 0) is 53.1 Å². The van der Waals surface area contributed by atoms with Crippen molar-refractivity contribution in [2.45, 2.75) is 12.7 Å². The summed E-state index contributed by atoms with van der Waals surface area (Å²) in [5, 5.41) is 9.29. The average Bonchev–Trinajstić information content (AvgIpc) is 2.80. The van der Waals surface area contributed by atoms with Gasteiger partial charge in [-0.1, -0.05) is 30.3 Å². The summed E-state index contributed by atoms with van der Waals surface area (Å²) >= 11 is 0. The lowest BCUT2D eigenvalue weighted by Gasteiger charge is -2.11. The molecule has 162 valence electrons. The van der Waals surface area contributed by atoms with Crippen LogP contribution in [0.1, 0.15) is 21.5 Å². The standard InChI is InChI=1S/C24H17F3N2O3/c25-24(26,27)19-6-2-5-17(10-19)16-4-1-3-15(9-16)12-29-14-28-21-8-7-18(22(31)13-30)11-20(21)23(29)32/h1-11,14,30H,12-13H2. The highest BCUT2D eigenvalue weighted by molar-refractivity contribution is 5.99. The Labute approximate surface area is 180 Å². The molecule has 0 radical (unpaired) electrons. The second-order valence-corrected chi connectivity index (χ2v) is 7.27. The molecule has 0 saturated heterocycles. The Kier molecular flexibility index (Phi) is 5.63. The molecule has 0 saturated carbocycles. The Morgan fingerprint density at radius 1 is 0.969 bits per heavy atom. The van der Waals surface area contributed by atoms with Crippen molar-refractivity contribution in [1.82, 2.24) is 9.55 Å². The fraction of sp³-hybridized carbons (Fsp3) is 0.125. The van der Waals surface area contributed by atoms with Gasteiger partial charge in [-0.3, -0.25) is 14.2 Å². The molecule has 4 rings (SSSR count). The topological polar surface area (TPSA) is 72.2 Å². The summed E-state index contributed by atoms with van der Waals surface area (Å²) in [6, 6.07) is 16.4. The van der Waals surface area contributed by atoms with Gasteiger partial charge in [-0.15, -0.1) is 0 Å². The lowest BCUT2D eigenvalue weighted by Crippen LogP contribution is -2.21. The summed E-state index contributed by atoms with van der Waals surface area (Å²) in [7, 11) is 0. The summed E-state index contributed by atoms with van der Waals surface area (Å²) in [6.45, 7) is -0.519. The summed E-state index contributed by atoms with van der Waals surface area (Å²) in [5.41, 5.74) is 1.23. The van der Waals surface area contributed by atoms with Crippen LogP contribution in [-0.2, 0) is 12.7 Å². The van der Waals surface area contributed by atoms with Crippen LogP contribution in [0.5, 0.6) is 0 Å². The molecule has 0 spiro atoms. The van der Waals surface area contributed by atoms with Crippen molar-refractivity contribution in [3.8, 4) is 11.1 Å². The number of fused-ring (bicyclic) bond motifs is 1. The second-order valence-electron chi connectivity index (χ2n) is 7.27. The van der Waals surface area contributed by atoms with Crippen molar-refractivity contribution in [2.24, 2.45) is 0 Å². The number of aliphatic hydroxyl groups is 1. The number of hydrogen-bond acceptors (Lipinski definition) is 4. The van der Waals surface area contributed by atoms with E-state index >= 15 is 0 Å². The van der Waals surface area contributed by atoms with Crippen LogP contribution in [-0.4, -0.2) is 27.0 Å². The number of benzene rings is 3. The van der Waals surface area contributed by atoms with Gasteiger partial charge in [0.1, 0.15) is 6.61 Å². The zero-order valence-electron chi connectivity index (χ0n) is 16.6. The molecule has 0 aliphatic rings. The van der Waals surface area contributed by atoms with Gasteiger partial charge in [0, 0.05) is 5.56 Å². The molecular weight excluding hydrogens is 421 g/mol. The maximum Gasteiger partial charge on any atom is 0.416 e. The number of alkyl halides is 3. The van der Waals surface area contributed by atoms with Gasteiger partial charge in [0.25, 0.3) is 5.56 Å². The molecule has 1 aromatic heterocycles. The monoisotopic (exact) mass is 438 g/mol. The van der Waals surface area contributed by atoms with E-state index in [0.717, 1.165) is 12.1 Å². The molecule has 0 fully saturated rings. The average molecular weight is 438 g/mol. The molecule has 1 heterocycles. The van der Waals surface area contributed by atoms with E-state index in [-0.39, 0.29) is 23.1 Å². The molecule has 8 heteroatoms. The number of carbonyl (C=O) groups is 1. The van der Waals surface area contributed by atoms with Gasteiger partial charge in [0.2, 0.25) is 0 Å². The van der Waals surface area contributed by atoms with Crippen LogP contribution in [0.2, 0.25) is 0 Å². The van der Waals surface area contributed by atoms with Crippen molar-refractivity contribution in [3.05, 3.63) is 100 Å². The van der Waals surface area contributed by atoms with Crippen molar-refractivity contribution in [3.63, 3.8) is 0 Å². The first-order valence-corrected chi connectivity index (χ1v) is 9.66. The van der Waals surface area contributed by atoms with Crippen molar-refractivity contribution in [1.29, 1.82) is 0 Å². The van der Waals surface area contributed by atoms with E-state index in [9.17, 15) is 22.8 Å². The second kappa shape index (κ2) is 8.39. The van der Waals surface area contributed by atoms with E-state index in [2.05, 4.69) is 4.98 Å². The minimum atomic E-state index is -4.44. The quantitative estimate of drug-likeness (QED) is 0.472. The van der Waals surface area contributed by atoms with Crippen molar-refractivity contribution in [2.75, 3.05) is 6.61 Å². The normalized spacial score (nSPS) is 11.6. The molecule has 32 heavy (non-hydrogen) atoms. The number of aromatic nitrogens is 2. The fourth-order valence-electron chi connectivity index (χ4n) is 3.46. The van der Waals surface area contributed by atoms with Crippen molar-refractivity contribution < 1.29 is 23.1 Å². The number of nitrogens with zero attached hydrogens (tertiary/aromatic N) is 2. The molecule has 0 atom stereocenters. The van der Waals surface area contributed by atoms with Crippen LogP contribution in [0.4, 0.5) is 13.2 Å². The summed E-state index contributed by atoms with van der Waals surface area (Å²) in [6.07, 6.45) is -3.05. The highest BCUT2D eigenvalue weighted by atomic mass is 19.4. The van der Waals surface area contributed by atoms with Gasteiger partial charge in [-0.25, -0.2) is 4.98 Å². The lowest BCUT2D eigenvalue weighted by atomic mass is 10.0. The Bertz CT molecular complexity index is 1380. The molecule has 5 nitrogen and oxygen atoms in total. The first-order chi connectivity index (χ1) is 15.3. The zero-order valence-corrected chi connectivity index (χ0v) is 16.6. The minimum Gasteiger partial charge on any atom is -0.388 e. The van der Waals surface area contributed by atoms with Crippen LogP contribution in [0.25, 0.3) is 22.0 Å². The Morgan fingerprint density at radius 2 is 1.69 bits per heavy atom. The van der Waals surface area contributed by atoms with Crippen molar-refractivity contribution >= 4 is 16.7 Å². The number of rotatable bonds is 5. The number of Topliss-reactive ketones (excluding diaryl/α,β-unsaturated/α-hetero) is 1. The van der Waals surface area contributed by atoms with E-state index in [1.165, 1.54) is 35.2 Å². The van der Waals surface area contributed by atoms with E-state index in [1.807, 2.05) is 0 Å². The van der Waals surface area contributed by atoms with Crippen LogP contribution in [0.15, 0.2) is 77.9 Å². The van der Waals surface area contributed by atoms with E-state index < -0.39 is 24.1 Å².